The van der Waals surface area contributed by atoms with Gasteiger partial charge in [0.2, 0.25) is 5.91 Å². The number of carbonyl (C=O) groups is 1. The van der Waals surface area contributed by atoms with Crippen molar-refractivity contribution < 1.29 is 19.7 Å². The molecule has 1 amide bonds. The number of ether oxygens (including phenoxy) is 1. The molecule has 0 heterocycles. The van der Waals surface area contributed by atoms with Gasteiger partial charge in [-0.2, -0.15) is 5.26 Å². The summed E-state index contributed by atoms with van der Waals surface area (Å²) in [4.78, 5) is 10.6. The summed E-state index contributed by atoms with van der Waals surface area (Å²) in [5.41, 5.74) is 5.34. The van der Waals surface area contributed by atoms with Crippen LogP contribution in [-0.2, 0) is 4.79 Å². The van der Waals surface area contributed by atoms with E-state index in [0.717, 1.165) is 0 Å². The van der Waals surface area contributed by atoms with Gasteiger partial charge in [-0.25, -0.2) is 0 Å². The Morgan fingerprint density at radius 2 is 2.20 bits per heavy atom. The number of aliphatic hydroxyl groups excluding tert-OH is 2. The highest BCUT2D eigenvalue weighted by Crippen LogP contribution is 2.12. The third-order valence-corrected chi connectivity index (χ3v) is 2.45. The van der Waals surface area contributed by atoms with Crippen molar-refractivity contribution in [1.29, 1.82) is 5.26 Å². The standard InChI is InChI=1S/C13H17N3O4/c14-5-9-2-1-3-11(4-9)20-8-10(17)6-16-7-12(18)13(15)19/h1-4,10,12,16-18H,6-8H2,(H2,15,19). The molecular formula is C13H17N3O4. The SMILES string of the molecule is N#Cc1cccc(OCC(O)CNCC(O)C(N)=O)c1. The zero-order chi connectivity index (χ0) is 15.0. The van der Waals surface area contributed by atoms with Gasteiger partial charge >= 0.3 is 0 Å². The molecule has 2 atom stereocenters. The minimum atomic E-state index is -1.28. The first-order chi connectivity index (χ1) is 9.52. The quantitative estimate of drug-likeness (QED) is 0.470. The van der Waals surface area contributed by atoms with E-state index in [4.69, 9.17) is 20.8 Å². The average molecular weight is 279 g/mol. The van der Waals surface area contributed by atoms with E-state index in [-0.39, 0.29) is 19.7 Å². The van der Waals surface area contributed by atoms with E-state index in [1.165, 1.54) is 0 Å². The average Bonchev–Trinajstić information content (AvgIpc) is 2.45. The molecule has 0 aliphatic heterocycles. The molecular weight excluding hydrogens is 262 g/mol. The third-order valence-electron chi connectivity index (χ3n) is 2.45. The van der Waals surface area contributed by atoms with Crippen LogP contribution in [0.4, 0.5) is 0 Å². The van der Waals surface area contributed by atoms with Crippen LogP contribution in [0.5, 0.6) is 5.75 Å². The summed E-state index contributed by atoms with van der Waals surface area (Å²) >= 11 is 0. The van der Waals surface area contributed by atoms with Gasteiger partial charge in [0, 0.05) is 13.1 Å². The normalized spacial score (nSPS) is 13.2. The molecule has 7 nitrogen and oxygen atoms in total. The minimum Gasteiger partial charge on any atom is -0.491 e. The largest absolute Gasteiger partial charge is 0.491 e. The van der Waals surface area contributed by atoms with E-state index < -0.39 is 18.1 Å². The fourth-order valence-corrected chi connectivity index (χ4v) is 1.39. The Morgan fingerprint density at radius 1 is 1.45 bits per heavy atom. The van der Waals surface area contributed by atoms with Crippen molar-refractivity contribution in [2.75, 3.05) is 19.7 Å². The molecule has 20 heavy (non-hydrogen) atoms. The molecule has 0 aromatic heterocycles. The first-order valence-corrected chi connectivity index (χ1v) is 6.02. The number of aliphatic hydroxyl groups is 2. The number of carbonyl (C=O) groups excluding carboxylic acids is 1. The minimum absolute atomic E-state index is 0.0224. The summed E-state index contributed by atoms with van der Waals surface area (Å²) in [7, 11) is 0. The molecule has 7 heteroatoms. The van der Waals surface area contributed by atoms with E-state index in [1.54, 1.807) is 24.3 Å². The summed E-state index contributed by atoms with van der Waals surface area (Å²) in [6.45, 7) is 0.132. The molecule has 0 saturated carbocycles. The molecule has 0 fully saturated rings. The lowest BCUT2D eigenvalue weighted by Gasteiger charge is -2.14. The van der Waals surface area contributed by atoms with Gasteiger partial charge in [0.15, 0.2) is 0 Å². The van der Waals surface area contributed by atoms with Crippen molar-refractivity contribution in [2.24, 2.45) is 5.73 Å². The molecule has 0 spiro atoms. The predicted octanol–water partition coefficient (Wildman–Crippen LogP) is -1.27. The van der Waals surface area contributed by atoms with Crippen molar-refractivity contribution in [3.63, 3.8) is 0 Å². The second-order valence-electron chi connectivity index (χ2n) is 4.18. The molecule has 0 saturated heterocycles. The second kappa shape index (κ2) is 8.12. The Balaban J connectivity index is 2.27. The van der Waals surface area contributed by atoms with Crippen LogP contribution >= 0.6 is 0 Å². The first kappa shape index (κ1) is 15.9. The number of amides is 1. The Morgan fingerprint density at radius 3 is 2.85 bits per heavy atom. The van der Waals surface area contributed by atoms with E-state index in [9.17, 15) is 9.90 Å². The molecule has 1 rings (SSSR count). The summed E-state index contributed by atoms with van der Waals surface area (Å²) < 4.78 is 5.32. The number of nitrogens with zero attached hydrogens (tertiary/aromatic N) is 1. The van der Waals surface area contributed by atoms with Gasteiger partial charge in [-0.15, -0.1) is 0 Å². The van der Waals surface area contributed by atoms with Gasteiger partial charge in [-0.3, -0.25) is 4.79 Å². The molecule has 1 aromatic rings. The van der Waals surface area contributed by atoms with Crippen LogP contribution in [0.1, 0.15) is 5.56 Å². The van der Waals surface area contributed by atoms with E-state index in [2.05, 4.69) is 5.32 Å². The maximum Gasteiger partial charge on any atom is 0.247 e. The fraction of sp³-hybridized carbons (Fsp3) is 0.385. The van der Waals surface area contributed by atoms with E-state index >= 15 is 0 Å². The maximum atomic E-state index is 10.6. The second-order valence-corrected chi connectivity index (χ2v) is 4.18. The van der Waals surface area contributed by atoms with Gasteiger partial charge in [0.25, 0.3) is 0 Å². The molecule has 1 aromatic carbocycles. The Hall–Kier alpha value is -2.14. The lowest BCUT2D eigenvalue weighted by molar-refractivity contribution is -0.125. The number of primary amides is 1. The van der Waals surface area contributed by atoms with Gasteiger partial charge in [0.1, 0.15) is 24.6 Å². The lowest BCUT2D eigenvalue weighted by atomic mass is 10.2. The maximum absolute atomic E-state index is 10.6. The zero-order valence-corrected chi connectivity index (χ0v) is 10.8. The monoisotopic (exact) mass is 279 g/mol. The smallest absolute Gasteiger partial charge is 0.247 e. The van der Waals surface area contributed by atoms with E-state index in [1.807, 2.05) is 6.07 Å². The number of nitrogens with two attached hydrogens (primary N) is 1. The number of hydrogen-bond acceptors (Lipinski definition) is 6. The Bertz CT molecular complexity index is 487. The van der Waals surface area contributed by atoms with Gasteiger partial charge in [-0.1, -0.05) is 6.07 Å². The van der Waals surface area contributed by atoms with Crippen LogP contribution in [0.2, 0.25) is 0 Å². The number of rotatable bonds is 8. The van der Waals surface area contributed by atoms with Crippen molar-refractivity contribution in [1.82, 2.24) is 5.32 Å². The number of hydrogen-bond donors (Lipinski definition) is 4. The van der Waals surface area contributed by atoms with Crippen LogP contribution in [0.3, 0.4) is 0 Å². The van der Waals surface area contributed by atoms with Crippen LogP contribution in [0.25, 0.3) is 0 Å². The summed E-state index contributed by atoms with van der Waals surface area (Å²) in [5, 5.41) is 30.2. The molecule has 0 radical (unpaired) electrons. The Kier molecular flexibility index (Phi) is 6.46. The zero-order valence-electron chi connectivity index (χ0n) is 10.8. The summed E-state index contributed by atoms with van der Waals surface area (Å²) in [6, 6.07) is 8.56. The number of benzene rings is 1. The van der Waals surface area contributed by atoms with Crippen molar-refractivity contribution in [2.45, 2.75) is 12.2 Å². The predicted molar refractivity (Wildman–Crippen MR) is 70.7 cm³/mol. The van der Waals surface area contributed by atoms with Crippen molar-refractivity contribution in [3.8, 4) is 11.8 Å². The molecule has 5 N–H and O–H groups in total. The molecule has 0 bridgehead atoms. The van der Waals surface area contributed by atoms with E-state index in [0.29, 0.717) is 11.3 Å². The van der Waals surface area contributed by atoms with Gasteiger partial charge in [0.05, 0.1) is 11.6 Å². The number of nitrogens with one attached hydrogen (secondary N) is 1. The first-order valence-electron chi connectivity index (χ1n) is 6.02. The molecule has 0 aliphatic carbocycles. The van der Waals surface area contributed by atoms with Gasteiger partial charge in [-0.05, 0) is 18.2 Å². The van der Waals surface area contributed by atoms with Crippen LogP contribution in [-0.4, -0.2) is 48.0 Å². The molecule has 0 aliphatic rings. The number of nitriles is 1. The van der Waals surface area contributed by atoms with Crippen LogP contribution < -0.4 is 15.8 Å². The summed E-state index contributed by atoms with van der Waals surface area (Å²) in [6.07, 6.45) is -2.10. The van der Waals surface area contributed by atoms with Gasteiger partial charge < -0.3 is 26.0 Å². The topological polar surface area (TPSA) is 129 Å². The van der Waals surface area contributed by atoms with Crippen LogP contribution in [0, 0.1) is 11.3 Å². The molecule has 108 valence electrons. The Labute approximate surface area is 116 Å². The highest BCUT2D eigenvalue weighted by Gasteiger charge is 2.11. The third kappa shape index (κ3) is 5.67. The summed E-state index contributed by atoms with van der Waals surface area (Å²) in [5.74, 6) is -0.336. The van der Waals surface area contributed by atoms with Crippen molar-refractivity contribution >= 4 is 5.91 Å². The highest BCUT2D eigenvalue weighted by atomic mass is 16.5. The molecule has 2 unspecified atom stereocenters. The fourth-order valence-electron chi connectivity index (χ4n) is 1.39. The van der Waals surface area contributed by atoms with Crippen LogP contribution in [0.15, 0.2) is 24.3 Å². The lowest BCUT2D eigenvalue weighted by Crippen LogP contribution is -2.41. The van der Waals surface area contributed by atoms with Crippen molar-refractivity contribution in [3.05, 3.63) is 29.8 Å². The highest BCUT2D eigenvalue weighted by molar-refractivity contribution is 5.78.